The molecule has 0 saturated heterocycles. The summed E-state index contributed by atoms with van der Waals surface area (Å²) in [6.07, 6.45) is 0. The van der Waals surface area contributed by atoms with E-state index in [4.69, 9.17) is 10.00 Å². The molecule has 0 atom stereocenters. The summed E-state index contributed by atoms with van der Waals surface area (Å²) in [5, 5.41) is 8.80. The second kappa shape index (κ2) is 6.72. The van der Waals surface area contributed by atoms with Gasteiger partial charge in [0, 0.05) is 13.6 Å². The molecule has 22 heavy (non-hydrogen) atoms. The van der Waals surface area contributed by atoms with Gasteiger partial charge in [-0.2, -0.15) is 5.26 Å². The van der Waals surface area contributed by atoms with Gasteiger partial charge in [0.1, 0.15) is 5.82 Å². The molecule has 0 N–H and O–H groups in total. The molecular formula is C17H17N3O2. The number of aryl methyl sites for hydroxylation is 1. The Kier molecular flexibility index (Phi) is 4.74. The van der Waals surface area contributed by atoms with E-state index in [0.29, 0.717) is 23.4 Å². The molecule has 5 heteroatoms. The second-order valence-corrected chi connectivity index (χ2v) is 4.96. The first kappa shape index (κ1) is 15.5. The molecule has 0 aliphatic heterocycles. The molecule has 2 rings (SSSR count). The number of anilines is 1. The Morgan fingerprint density at radius 1 is 1.27 bits per heavy atom. The average Bonchev–Trinajstić information content (AvgIpc) is 2.54. The molecule has 1 heterocycles. The Labute approximate surface area is 129 Å². The van der Waals surface area contributed by atoms with E-state index in [-0.39, 0.29) is 5.97 Å². The van der Waals surface area contributed by atoms with E-state index in [2.05, 4.69) is 11.1 Å². The zero-order chi connectivity index (χ0) is 16.1. The third kappa shape index (κ3) is 3.41. The van der Waals surface area contributed by atoms with E-state index in [1.54, 1.807) is 31.2 Å². The smallest absolute Gasteiger partial charge is 0.339 e. The van der Waals surface area contributed by atoms with Gasteiger partial charge in [-0.05, 0) is 36.8 Å². The van der Waals surface area contributed by atoms with Crippen LogP contribution < -0.4 is 4.90 Å². The van der Waals surface area contributed by atoms with Crippen LogP contribution in [-0.4, -0.2) is 25.1 Å². The number of carbonyl (C=O) groups is 1. The lowest BCUT2D eigenvalue weighted by atomic mass is 10.1. The van der Waals surface area contributed by atoms with Crippen LogP contribution >= 0.6 is 0 Å². The van der Waals surface area contributed by atoms with Gasteiger partial charge in [-0.25, -0.2) is 9.78 Å². The number of methoxy groups -OCH3 is 1. The van der Waals surface area contributed by atoms with Crippen LogP contribution in [0.5, 0.6) is 0 Å². The molecule has 1 aromatic carbocycles. The van der Waals surface area contributed by atoms with Crippen molar-refractivity contribution < 1.29 is 9.53 Å². The number of nitrogens with zero attached hydrogens (tertiary/aromatic N) is 3. The van der Waals surface area contributed by atoms with Crippen molar-refractivity contribution in [1.29, 1.82) is 5.26 Å². The Balaban J connectivity index is 2.15. The fourth-order valence-corrected chi connectivity index (χ4v) is 2.13. The first-order valence-electron chi connectivity index (χ1n) is 6.81. The zero-order valence-corrected chi connectivity index (χ0v) is 12.8. The van der Waals surface area contributed by atoms with Gasteiger partial charge in [-0.1, -0.05) is 12.1 Å². The molecule has 0 spiro atoms. The third-order valence-corrected chi connectivity index (χ3v) is 3.37. The summed E-state index contributed by atoms with van der Waals surface area (Å²) < 4.78 is 4.72. The van der Waals surface area contributed by atoms with E-state index in [1.165, 1.54) is 7.11 Å². The van der Waals surface area contributed by atoms with Gasteiger partial charge in [-0.3, -0.25) is 0 Å². The summed E-state index contributed by atoms with van der Waals surface area (Å²) in [6, 6.07) is 13.0. The normalized spacial score (nSPS) is 9.91. The number of esters is 1. The van der Waals surface area contributed by atoms with Gasteiger partial charge < -0.3 is 9.64 Å². The largest absolute Gasteiger partial charge is 0.465 e. The van der Waals surface area contributed by atoms with Gasteiger partial charge in [-0.15, -0.1) is 0 Å². The second-order valence-electron chi connectivity index (χ2n) is 4.96. The quantitative estimate of drug-likeness (QED) is 0.811. The highest BCUT2D eigenvalue weighted by atomic mass is 16.5. The number of carbonyl (C=O) groups excluding carboxylic acids is 1. The molecule has 5 nitrogen and oxygen atoms in total. The van der Waals surface area contributed by atoms with Crippen molar-refractivity contribution in [2.45, 2.75) is 13.5 Å². The summed E-state index contributed by atoms with van der Waals surface area (Å²) in [7, 11) is 3.28. The maximum atomic E-state index is 11.6. The van der Waals surface area contributed by atoms with E-state index in [0.717, 1.165) is 11.4 Å². The predicted molar refractivity (Wildman–Crippen MR) is 83.6 cm³/mol. The van der Waals surface area contributed by atoms with Gasteiger partial charge >= 0.3 is 5.97 Å². The molecule has 0 fully saturated rings. The van der Waals surface area contributed by atoms with Crippen LogP contribution in [0.15, 0.2) is 36.4 Å². The Hall–Kier alpha value is -2.87. The number of aromatic nitrogens is 1. The van der Waals surface area contributed by atoms with Crippen molar-refractivity contribution >= 4 is 11.8 Å². The van der Waals surface area contributed by atoms with Gasteiger partial charge in [0.25, 0.3) is 0 Å². The van der Waals surface area contributed by atoms with Crippen molar-refractivity contribution in [1.82, 2.24) is 4.98 Å². The van der Waals surface area contributed by atoms with Crippen LogP contribution in [0.4, 0.5) is 5.82 Å². The molecule has 0 unspecified atom stereocenters. The average molecular weight is 295 g/mol. The zero-order valence-electron chi connectivity index (χ0n) is 12.8. The highest BCUT2D eigenvalue weighted by molar-refractivity contribution is 5.90. The van der Waals surface area contributed by atoms with E-state index < -0.39 is 0 Å². The van der Waals surface area contributed by atoms with Crippen LogP contribution in [-0.2, 0) is 11.3 Å². The lowest BCUT2D eigenvalue weighted by Crippen LogP contribution is -2.18. The number of pyridine rings is 1. The van der Waals surface area contributed by atoms with E-state index >= 15 is 0 Å². The first-order valence-corrected chi connectivity index (χ1v) is 6.81. The number of hydrogen-bond acceptors (Lipinski definition) is 5. The summed E-state index contributed by atoms with van der Waals surface area (Å²) in [5.41, 5.74) is 2.83. The summed E-state index contributed by atoms with van der Waals surface area (Å²) in [4.78, 5) is 18.0. The van der Waals surface area contributed by atoms with Crippen LogP contribution in [0.2, 0.25) is 0 Å². The molecule has 2 aromatic rings. The topological polar surface area (TPSA) is 66.2 Å². The predicted octanol–water partition coefficient (Wildman–Crippen LogP) is 2.68. The van der Waals surface area contributed by atoms with Crippen molar-refractivity contribution in [3.63, 3.8) is 0 Å². The first-order chi connectivity index (χ1) is 10.5. The van der Waals surface area contributed by atoms with Crippen molar-refractivity contribution in [3.8, 4) is 6.07 Å². The fourth-order valence-electron chi connectivity index (χ4n) is 2.13. The third-order valence-electron chi connectivity index (χ3n) is 3.37. The Bertz CT molecular complexity index is 718. The molecule has 0 aliphatic carbocycles. The van der Waals surface area contributed by atoms with Crippen molar-refractivity contribution in [2.24, 2.45) is 0 Å². The molecule has 0 amide bonds. The summed E-state index contributed by atoms with van der Waals surface area (Å²) in [6.45, 7) is 2.45. The molecule has 0 radical (unpaired) electrons. The number of hydrogen-bond donors (Lipinski definition) is 0. The highest BCUT2D eigenvalue weighted by Crippen LogP contribution is 2.17. The Morgan fingerprint density at radius 2 is 1.95 bits per heavy atom. The number of benzene rings is 1. The van der Waals surface area contributed by atoms with Gasteiger partial charge in [0.15, 0.2) is 0 Å². The highest BCUT2D eigenvalue weighted by Gasteiger charge is 2.12. The van der Waals surface area contributed by atoms with Crippen LogP contribution in [0.25, 0.3) is 0 Å². The number of nitriles is 1. The summed E-state index contributed by atoms with van der Waals surface area (Å²) >= 11 is 0. The maximum absolute atomic E-state index is 11.6. The molecular weight excluding hydrogens is 278 g/mol. The van der Waals surface area contributed by atoms with Crippen molar-refractivity contribution in [3.05, 3.63) is 58.8 Å². The van der Waals surface area contributed by atoms with Crippen LogP contribution in [0.1, 0.15) is 27.2 Å². The Morgan fingerprint density at radius 3 is 2.50 bits per heavy atom. The van der Waals surface area contributed by atoms with Gasteiger partial charge in [0.05, 0.1) is 30.0 Å². The molecule has 0 saturated carbocycles. The van der Waals surface area contributed by atoms with E-state index in [9.17, 15) is 4.79 Å². The van der Waals surface area contributed by atoms with Crippen LogP contribution in [0.3, 0.4) is 0 Å². The lowest BCUT2D eigenvalue weighted by Gasteiger charge is -2.19. The monoisotopic (exact) mass is 295 g/mol. The minimum absolute atomic E-state index is 0.383. The van der Waals surface area contributed by atoms with Gasteiger partial charge in [0.2, 0.25) is 0 Å². The fraction of sp³-hybridized carbons (Fsp3) is 0.235. The standard InChI is InChI=1S/C17H17N3O2/c1-12-15(17(21)22-3)8-9-16(19-12)20(2)11-14-6-4-13(10-18)5-7-14/h4-9H,11H2,1-3H3. The number of rotatable bonds is 4. The maximum Gasteiger partial charge on any atom is 0.339 e. The van der Waals surface area contributed by atoms with Crippen LogP contribution in [0, 0.1) is 18.3 Å². The molecule has 1 aromatic heterocycles. The number of ether oxygens (including phenoxy) is 1. The minimum Gasteiger partial charge on any atom is -0.465 e. The molecule has 0 aliphatic rings. The SMILES string of the molecule is COC(=O)c1ccc(N(C)Cc2ccc(C#N)cc2)nc1C. The van der Waals surface area contributed by atoms with E-state index in [1.807, 2.05) is 24.1 Å². The molecule has 112 valence electrons. The van der Waals surface area contributed by atoms with Crippen molar-refractivity contribution in [2.75, 3.05) is 19.1 Å². The minimum atomic E-state index is -0.383. The lowest BCUT2D eigenvalue weighted by molar-refractivity contribution is 0.0599. The molecule has 0 bridgehead atoms. The summed E-state index contributed by atoms with van der Waals surface area (Å²) in [5.74, 6) is 0.390.